The van der Waals surface area contributed by atoms with Gasteiger partial charge in [0.15, 0.2) is 0 Å². The van der Waals surface area contributed by atoms with E-state index in [9.17, 15) is 0 Å². The zero-order chi connectivity index (χ0) is 10.7. The largest absolute Gasteiger partial charge is 0.258 e. The second kappa shape index (κ2) is 4.99. The molecule has 1 unspecified atom stereocenters. The summed E-state index contributed by atoms with van der Waals surface area (Å²) in [7, 11) is 0. The molecule has 1 aromatic rings. The van der Waals surface area contributed by atoms with Crippen LogP contribution in [0.4, 0.5) is 0 Å². The molecule has 0 aliphatic heterocycles. The Kier molecular flexibility index (Phi) is 4.21. The Balaban J connectivity index is 3.04. The van der Waals surface area contributed by atoms with E-state index < -0.39 is 0 Å². The summed E-state index contributed by atoms with van der Waals surface area (Å²) in [5, 5.41) is 1.27. The van der Waals surface area contributed by atoms with E-state index in [1.165, 1.54) is 0 Å². The highest BCUT2D eigenvalue weighted by atomic mass is 35.5. The van der Waals surface area contributed by atoms with Crippen molar-refractivity contribution in [2.24, 2.45) is 5.92 Å². The molecule has 0 radical (unpaired) electrons. The van der Waals surface area contributed by atoms with Crippen LogP contribution in [0.25, 0.3) is 0 Å². The molecule has 1 heterocycles. The van der Waals surface area contributed by atoms with E-state index >= 15 is 0 Å². The second-order valence-corrected chi connectivity index (χ2v) is 4.62. The fraction of sp³-hybridized carbons (Fsp3) is 0.545. The first-order valence-corrected chi connectivity index (χ1v) is 5.62. The molecule has 1 rings (SSSR count). The molecule has 0 saturated heterocycles. The van der Waals surface area contributed by atoms with Gasteiger partial charge in [0.05, 0.1) is 15.7 Å². The van der Waals surface area contributed by atoms with Crippen molar-refractivity contribution in [3.8, 4) is 0 Å². The van der Waals surface area contributed by atoms with Crippen molar-refractivity contribution in [3.05, 3.63) is 28.0 Å². The highest BCUT2D eigenvalue weighted by molar-refractivity contribution is 6.34. The van der Waals surface area contributed by atoms with Gasteiger partial charge in [0.1, 0.15) is 0 Å². The van der Waals surface area contributed by atoms with Crippen molar-refractivity contribution in [1.29, 1.82) is 0 Å². The van der Waals surface area contributed by atoms with E-state index in [-0.39, 0.29) is 0 Å². The summed E-state index contributed by atoms with van der Waals surface area (Å²) in [5.74, 6) is 0.964. The van der Waals surface area contributed by atoms with E-state index in [2.05, 4.69) is 25.8 Å². The Morgan fingerprint density at radius 1 is 1.36 bits per heavy atom. The predicted octanol–water partition coefficient (Wildman–Crippen LogP) is 4.54. The van der Waals surface area contributed by atoms with Crippen LogP contribution < -0.4 is 0 Å². The van der Waals surface area contributed by atoms with Crippen LogP contribution in [0.2, 0.25) is 10.0 Å². The molecule has 78 valence electrons. The molecule has 0 bridgehead atoms. The molecule has 0 fully saturated rings. The highest BCUT2D eigenvalue weighted by Crippen LogP contribution is 2.32. The minimum Gasteiger partial charge on any atom is -0.258 e. The molecule has 0 amide bonds. The number of aromatic nitrogens is 1. The molecule has 0 N–H and O–H groups in total. The van der Waals surface area contributed by atoms with Crippen molar-refractivity contribution < 1.29 is 0 Å². The quantitative estimate of drug-likeness (QED) is 0.745. The fourth-order valence-electron chi connectivity index (χ4n) is 1.68. The molecular formula is C11H15Cl2N. The molecule has 0 aliphatic carbocycles. The fourth-order valence-corrected chi connectivity index (χ4v) is 2.20. The first-order chi connectivity index (χ1) is 6.56. The molecule has 1 aromatic heterocycles. The lowest BCUT2D eigenvalue weighted by atomic mass is 9.90. The third-order valence-electron chi connectivity index (χ3n) is 2.43. The van der Waals surface area contributed by atoms with Crippen molar-refractivity contribution >= 4 is 23.2 Å². The molecule has 0 spiro atoms. The van der Waals surface area contributed by atoms with Crippen molar-refractivity contribution in [1.82, 2.24) is 4.98 Å². The third-order valence-corrected chi connectivity index (χ3v) is 2.94. The van der Waals surface area contributed by atoms with Gasteiger partial charge in [-0.05, 0) is 18.4 Å². The lowest BCUT2D eigenvalue weighted by molar-refractivity contribution is 0.475. The summed E-state index contributed by atoms with van der Waals surface area (Å²) < 4.78 is 0. The number of nitrogens with zero attached hydrogens (tertiary/aromatic N) is 1. The summed E-state index contributed by atoms with van der Waals surface area (Å²) in [6, 6.07) is 1.76. The van der Waals surface area contributed by atoms with Gasteiger partial charge in [0.2, 0.25) is 0 Å². The number of hydrogen-bond donors (Lipinski definition) is 0. The molecule has 3 heteroatoms. The van der Waals surface area contributed by atoms with Gasteiger partial charge >= 0.3 is 0 Å². The number of hydrogen-bond acceptors (Lipinski definition) is 1. The van der Waals surface area contributed by atoms with Crippen LogP contribution in [0.5, 0.6) is 0 Å². The standard InChI is InChI=1S/C11H15Cl2N/c1-4-9(7(2)3)11-10(13)5-8(12)6-14-11/h5-7,9H,4H2,1-3H3. The lowest BCUT2D eigenvalue weighted by Crippen LogP contribution is -2.08. The minimum absolute atomic E-state index is 0.416. The van der Waals surface area contributed by atoms with E-state index in [0.717, 1.165) is 12.1 Å². The SMILES string of the molecule is CCC(c1ncc(Cl)cc1Cl)C(C)C. The zero-order valence-corrected chi connectivity index (χ0v) is 10.2. The van der Waals surface area contributed by atoms with Crippen LogP contribution in [-0.2, 0) is 0 Å². The molecular weight excluding hydrogens is 217 g/mol. The summed E-state index contributed by atoms with van der Waals surface area (Å²) in [6.45, 7) is 6.51. The van der Waals surface area contributed by atoms with Crippen LogP contribution in [-0.4, -0.2) is 4.98 Å². The van der Waals surface area contributed by atoms with Crippen LogP contribution in [0.3, 0.4) is 0 Å². The molecule has 0 aliphatic rings. The summed E-state index contributed by atoms with van der Waals surface area (Å²) in [6.07, 6.45) is 2.71. The van der Waals surface area contributed by atoms with Crippen molar-refractivity contribution in [3.63, 3.8) is 0 Å². The Morgan fingerprint density at radius 2 is 2.00 bits per heavy atom. The second-order valence-electron chi connectivity index (χ2n) is 3.78. The highest BCUT2D eigenvalue weighted by Gasteiger charge is 2.18. The maximum atomic E-state index is 6.10. The average molecular weight is 232 g/mol. The van der Waals surface area contributed by atoms with Gasteiger partial charge in [-0.2, -0.15) is 0 Å². The van der Waals surface area contributed by atoms with Gasteiger partial charge in [0.25, 0.3) is 0 Å². The third kappa shape index (κ3) is 2.61. The van der Waals surface area contributed by atoms with Crippen LogP contribution in [0.1, 0.15) is 38.8 Å². The Labute approximate surface area is 95.4 Å². The van der Waals surface area contributed by atoms with Gasteiger partial charge < -0.3 is 0 Å². The monoisotopic (exact) mass is 231 g/mol. The number of pyridine rings is 1. The van der Waals surface area contributed by atoms with Gasteiger partial charge in [-0.3, -0.25) is 4.98 Å². The van der Waals surface area contributed by atoms with Gasteiger partial charge in [-0.15, -0.1) is 0 Å². The van der Waals surface area contributed by atoms with Crippen molar-refractivity contribution in [2.75, 3.05) is 0 Å². The van der Waals surface area contributed by atoms with E-state index in [1.807, 2.05) is 0 Å². The van der Waals surface area contributed by atoms with E-state index in [4.69, 9.17) is 23.2 Å². The molecule has 0 aromatic carbocycles. The summed E-state index contributed by atoms with van der Waals surface area (Å²) in [4.78, 5) is 4.31. The van der Waals surface area contributed by atoms with Crippen molar-refractivity contribution in [2.45, 2.75) is 33.1 Å². The zero-order valence-electron chi connectivity index (χ0n) is 8.72. The summed E-state index contributed by atoms with van der Waals surface area (Å²) >= 11 is 11.9. The molecule has 1 nitrogen and oxygen atoms in total. The van der Waals surface area contributed by atoms with Gasteiger partial charge in [-0.25, -0.2) is 0 Å². The Bertz CT molecular complexity index is 310. The average Bonchev–Trinajstić information content (AvgIpc) is 2.09. The van der Waals surface area contributed by atoms with Crippen LogP contribution in [0, 0.1) is 5.92 Å². The van der Waals surface area contributed by atoms with Gasteiger partial charge in [0, 0.05) is 12.1 Å². The first-order valence-electron chi connectivity index (χ1n) is 4.87. The lowest BCUT2D eigenvalue weighted by Gasteiger charge is -2.19. The maximum Gasteiger partial charge on any atom is 0.0639 e. The molecule has 1 atom stereocenters. The minimum atomic E-state index is 0.416. The maximum absolute atomic E-state index is 6.10. The number of rotatable bonds is 3. The molecule has 0 saturated carbocycles. The summed E-state index contributed by atoms with van der Waals surface area (Å²) in [5.41, 5.74) is 0.966. The van der Waals surface area contributed by atoms with Crippen LogP contribution >= 0.6 is 23.2 Å². The van der Waals surface area contributed by atoms with E-state index in [0.29, 0.717) is 21.9 Å². The number of halogens is 2. The van der Waals surface area contributed by atoms with Gasteiger partial charge in [-0.1, -0.05) is 44.0 Å². The Morgan fingerprint density at radius 3 is 2.43 bits per heavy atom. The smallest absolute Gasteiger partial charge is 0.0639 e. The predicted molar refractivity (Wildman–Crippen MR) is 62.1 cm³/mol. The Hall–Kier alpha value is -0.270. The molecule has 14 heavy (non-hydrogen) atoms. The normalized spacial score (nSPS) is 13.3. The topological polar surface area (TPSA) is 12.9 Å². The van der Waals surface area contributed by atoms with E-state index in [1.54, 1.807) is 12.3 Å². The van der Waals surface area contributed by atoms with Crippen LogP contribution in [0.15, 0.2) is 12.3 Å². The first kappa shape index (κ1) is 11.8.